The molecule has 0 spiro atoms. The van der Waals surface area contributed by atoms with Crippen molar-refractivity contribution in [2.75, 3.05) is 0 Å². The van der Waals surface area contributed by atoms with Crippen LogP contribution in [0.5, 0.6) is 0 Å². The molecular formula is C8H9BrMg. The van der Waals surface area contributed by atoms with E-state index >= 15 is 0 Å². The summed E-state index contributed by atoms with van der Waals surface area (Å²) in [5, 5.41) is 0. The molecule has 0 radical (unpaired) electrons. The van der Waals surface area contributed by atoms with Gasteiger partial charge in [0.25, 0.3) is 0 Å². The van der Waals surface area contributed by atoms with Gasteiger partial charge in [-0.3, -0.25) is 0 Å². The Morgan fingerprint density at radius 3 is 2.20 bits per heavy atom. The molecule has 0 aliphatic rings. The molecule has 0 atom stereocenters. The molecule has 0 nitrogen and oxygen atoms in total. The second kappa shape index (κ2) is 16.2. The monoisotopic (exact) mass is 208 g/mol. The average Bonchev–Trinajstić information content (AvgIpc) is 1.81. The number of unbranched alkanes of at least 4 members (excludes halogenated alkanes) is 1. The fraction of sp³-hybridized carbons (Fsp3) is 0.500. The van der Waals surface area contributed by atoms with E-state index in [0.29, 0.717) is 6.42 Å². The van der Waals surface area contributed by atoms with E-state index in [1.165, 1.54) is 0 Å². The molecule has 0 amide bonds. The zero-order chi connectivity index (χ0) is 6.24. The van der Waals surface area contributed by atoms with Gasteiger partial charge in [-0.15, -0.1) is 11.8 Å². The van der Waals surface area contributed by atoms with Crippen LogP contribution in [-0.4, -0.2) is 23.1 Å². The molecule has 0 rings (SSSR count). The summed E-state index contributed by atoms with van der Waals surface area (Å²) in [6.07, 6.45) is 8.90. The Hall–Kier alpha value is 0.366. The van der Waals surface area contributed by atoms with Crippen molar-refractivity contribution in [2.24, 2.45) is 0 Å². The number of hydrogen-bond acceptors (Lipinski definition) is 0. The van der Waals surface area contributed by atoms with E-state index in [9.17, 15) is 0 Å². The topological polar surface area (TPSA) is 0 Å². The molecule has 0 saturated carbocycles. The molecule has 50 valence electrons. The molecule has 0 saturated heterocycles. The van der Waals surface area contributed by atoms with Crippen molar-refractivity contribution in [1.29, 1.82) is 0 Å². The normalized spacial score (nSPS) is 5.20. The smallest absolute Gasteiger partial charge is 1.00 e. The van der Waals surface area contributed by atoms with Crippen LogP contribution in [0.15, 0.2) is 0 Å². The molecule has 0 aliphatic heterocycles. The molecule has 0 unspecified atom stereocenters. The Bertz CT molecular complexity index is 136. The Kier molecular flexibility index (Phi) is 27.1. The van der Waals surface area contributed by atoms with Crippen molar-refractivity contribution in [3.05, 3.63) is 6.42 Å². The summed E-state index contributed by atoms with van der Waals surface area (Å²) in [4.78, 5) is 0. The van der Waals surface area contributed by atoms with Gasteiger partial charge in [0.15, 0.2) is 0 Å². The maximum absolute atomic E-state index is 6.52. The zero-order valence-electron chi connectivity index (χ0n) is 6.21. The van der Waals surface area contributed by atoms with E-state index in [1.54, 1.807) is 0 Å². The first-order valence-corrected chi connectivity index (χ1v) is 2.77. The maximum atomic E-state index is 6.52. The van der Waals surface area contributed by atoms with Gasteiger partial charge in [0.2, 0.25) is 0 Å². The standard InChI is InChI=1S/C8H9.BrH.Mg/c1-3-5-7-8-6-4-2;;/h3,6,8H2,1H3;1H;/q-1;;+2/p-1. The largest absolute Gasteiger partial charge is 2.00 e. The third kappa shape index (κ3) is 15.8. The van der Waals surface area contributed by atoms with E-state index in [0.717, 1.165) is 12.8 Å². The minimum atomic E-state index is 0. The predicted molar refractivity (Wildman–Crippen MR) is 40.2 cm³/mol. The van der Waals surface area contributed by atoms with Crippen LogP contribution >= 0.6 is 0 Å². The first-order chi connectivity index (χ1) is 3.91. The number of halogens is 1. The van der Waals surface area contributed by atoms with E-state index < -0.39 is 0 Å². The summed E-state index contributed by atoms with van der Waals surface area (Å²) in [5.74, 6) is 8.09. The fourth-order valence-electron chi connectivity index (χ4n) is 0.338. The molecule has 0 N–H and O–H groups in total. The van der Waals surface area contributed by atoms with Crippen LogP contribution in [0.3, 0.4) is 0 Å². The van der Waals surface area contributed by atoms with Crippen molar-refractivity contribution in [1.82, 2.24) is 0 Å². The van der Waals surface area contributed by atoms with E-state index in [-0.39, 0.29) is 40.0 Å². The Balaban J connectivity index is -0.000000245. The van der Waals surface area contributed by atoms with Gasteiger partial charge in [-0.05, 0) is 6.42 Å². The van der Waals surface area contributed by atoms with Gasteiger partial charge in [0, 0.05) is 12.8 Å². The van der Waals surface area contributed by atoms with Crippen molar-refractivity contribution < 1.29 is 17.0 Å². The van der Waals surface area contributed by atoms with Gasteiger partial charge in [0.1, 0.15) is 0 Å². The summed E-state index contributed by atoms with van der Waals surface area (Å²) >= 11 is 0. The second-order valence-corrected chi connectivity index (χ2v) is 1.38. The van der Waals surface area contributed by atoms with Crippen LogP contribution in [0.25, 0.3) is 0 Å². The van der Waals surface area contributed by atoms with Gasteiger partial charge in [0.05, 0.1) is 0 Å². The minimum absolute atomic E-state index is 0. The quantitative estimate of drug-likeness (QED) is 0.211. The first kappa shape index (κ1) is 16.8. The van der Waals surface area contributed by atoms with Crippen LogP contribution in [0.4, 0.5) is 0 Å². The van der Waals surface area contributed by atoms with Gasteiger partial charge in [-0.25, -0.2) is 0 Å². The van der Waals surface area contributed by atoms with Crippen LogP contribution in [-0.2, 0) is 0 Å². The van der Waals surface area contributed by atoms with Crippen LogP contribution in [0.1, 0.15) is 26.2 Å². The maximum Gasteiger partial charge on any atom is 2.00 e. The van der Waals surface area contributed by atoms with E-state index in [4.69, 9.17) is 6.42 Å². The minimum Gasteiger partial charge on any atom is -1.00 e. The van der Waals surface area contributed by atoms with E-state index in [2.05, 4.69) is 17.8 Å². The van der Waals surface area contributed by atoms with Gasteiger partial charge >= 0.3 is 23.1 Å². The average molecular weight is 209 g/mol. The molecule has 0 aliphatic carbocycles. The summed E-state index contributed by atoms with van der Waals surface area (Å²) in [6, 6.07) is 0. The summed E-state index contributed by atoms with van der Waals surface area (Å²) < 4.78 is 0. The molecule has 0 aromatic heterocycles. The van der Waals surface area contributed by atoms with Gasteiger partial charge in [-0.2, -0.15) is 0 Å². The molecular weight excluding hydrogens is 200 g/mol. The van der Waals surface area contributed by atoms with Crippen molar-refractivity contribution in [3.8, 4) is 17.8 Å². The molecule has 0 aromatic carbocycles. The van der Waals surface area contributed by atoms with Crippen LogP contribution in [0, 0.1) is 24.2 Å². The predicted octanol–water partition coefficient (Wildman–Crippen LogP) is -1.61. The van der Waals surface area contributed by atoms with Gasteiger partial charge < -0.3 is 29.3 Å². The van der Waals surface area contributed by atoms with Crippen molar-refractivity contribution in [2.45, 2.75) is 26.2 Å². The second-order valence-electron chi connectivity index (χ2n) is 1.38. The Morgan fingerprint density at radius 2 is 1.80 bits per heavy atom. The fourth-order valence-corrected chi connectivity index (χ4v) is 0.338. The molecule has 0 heterocycles. The van der Waals surface area contributed by atoms with Crippen molar-refractivity contribution in [3.63, 3.8) is 0 Å². The SMILES string of the molecule is [Br-].[C-]#CCCC#CCC.[Mg+2]. The Labute approximate surface area is 90.1 Å². The number of hydrogen-bond donors (Lipinski definition) is 0. The van der Waals surface area contributed by atoms with Crippen LogP contribution < -0.4 is 17.0 Å². The summed E-state index contributed by atoms with van der Waals surface area (Å²) in [5.41, 5.74) is 0. The zero-order valence-corrected chi connectivity index (χ0v) is 9.21. The summed E-state index contributed by atoms with van der Waals surface area (Å²) in [7, 11) is 0. The van der Waals surface area contributed by atoms with Crippen LogP contribution in [0.2, 0.25) is 0 Å². The first-order valence-electron chi connectivity index (χ1n) is 2.77. The van der Waals surface area contributed by atoms with E-state index in [1.807, 2.05) is 6.92 Å². The van der Waals surface area contributed by atoms with Crippen molar-refractivity contribution >= 4 is 23.1 Å². The third-order valence-electron chi connectivity index (χ3n) is 0.677. The molecule has 0 aromatic rings. The summed E-state index contributed by atoms with van der Waals surface area (Å²) in [6.45, 7) is 2.02. The third-order valence-corrected chi connectivity index (χ3v) is 0.677. The number of rotatable bonds is 1. The molecule has 2 heteroatoms. The molecule has 10 heavy (non-hydrogen) atoms. The van der Waals surface area contributed by atoms with Gasteiger partial charge in [-0.1, -0.05) is 6.92 Å². The Morgan fingerprint density at radius 1 is 1.20 bits per heavy atom. The molecule has 0 fully saturated rings. The molecule has 0 bridgehead atoms.